The lowest BCUT2D eigenvalue weighted by Crippen LogP contribution is -1.99. The second-order valence-corrected chi connectivity index (χ2v) is 3.35. The van der Waals surface area contributed by atoms with E-state index in [1.165, 1.54) is 6.07 Å². The number of phenolic OH excluding ortho intramolecular Hbond substituents is 1. The van der Waals surface area contributed by atoms with Crippen molar-refractivity contribution in [2.24, 2.45) is 0 Å². The summed E-state index contributed by atoms with van der Waals surface area (Å²) in [4.78, 5) is 0. The lowest BCUT2D eigenvalue weighted by atomic mass is 9.97. The van der Waals surface area contributed by atoms with Crippen LogP contribution in [0.15, 0.2) is 12.1 Å². The summed E-state index contributed by atoms with van der Waals surface area (Å²) in [6.45, 7) is 4.11. The smallest absolute Gasteiger partial charge is 0.121 e. The molecule has 0 spiro atoms. The summed E-state index contributed by atoms with van der Waals surface area (Å²) in [5, 5.41) is 9.58. The molecule has 0 aliphatic rings. The van der Waals surface area contributed by atoms with Crippen LogP contribution in [0.3, 0.4) is 0 Å². The van der Waals surface area contributed by atoms with E-state index in [0.29, 0.717) is 17.3 Å². The van der Waals surface area contributed by atoms with E-state index < -0.39 is 0 Å². The normalized spacial score (nSPS) is 12.8. The van der Waals surface area contributed by atoms with Gasteiger partial charge in [-0.1, -0.05) is 13.8 Å². The summed E-state index contributed by atoms with van der Waals surface area (Å²) in [6.07, 6.45) is 0.969. The number of aromatic hydroxyl groups is 1. The molecule has 0 saturated heterocycles. The van der Waals surface area contributed by atoms with E-state index in [4.69, 9.17) is 11.5 Å². The molecule has 3 nitrogen and oxygen atoms in total. The zero-order valence-corrected chi connectivity index (χ0v) is 8.04. The van der Waals surface area contributed by atoms with Gasteiger partial charge in [0.15, 0.2) is 0 Å². The number of hydrogen-bond donors (Lipinski definition) is 3. The third-order valence-corrected chi connectivity index (χ3v) is 2.38. The van der Waals surface area contributed by atoms with Gasteiger partial charge in [0, 0.05) is 6.07 Å². The van der Waals surface area contributed by atoms with Gasteiger partial charge in [-0.05, 0) is 24.0 Å². The Labute approximate surface area is 78.4 Å². The average molecular weight is 180 g/mol. The van der Waals surface area contributed by atoms with Crippen molar-refractivity contribution in [1.29, 1.82) is 0 Å². The Kier molecular flexibility index (Phi) is 2.66. The fourth-order valence-corrected chi connectivity index (χ4v) is 1.25. The molecule has 0 radical (unpaired) electrons. The Hall–Kier alpha value is -1.38. The highest BCUT2D eigenvalue weighted by molar-refractivity contribution is 5.67. The summed E-state index contributed by atoms with van der Waals surface area (Å²) in [5.74, 6) is 0.545. The van der Waals surface area contributed by atoms with Crippen molar-refractivity contribution in [1.82, 2.24) is 0 Å². The number of rotatable bonds is 2. The van der Waals surface area contributed by atoms with E-state index >= 15 is 0 Å². The van der Waals surface area contributed by atoms with Crippen LogP contribution in [-0.4, -0.2) is 5.11 Å². The van der Waals surface area contributed by atoms with Gasteiger partial charge in [-0.3, -0.25) is 0 Å². The third kappa shape index (κ3) is 1.86. The molecule has 13 heavy (non-hydrogen) atoms. The van der Waals surface area contributed by atoms with Crippen LogP contribution in [0.5, 0.6) is 5.75 Å². The fraction of sp³-hybridized carbons (Fsp3) is 0.400. The molecule has 5 N–H and O–H groups in total. The Bertz CT molecular complexity index is 310. The van der Waals surface area contributed by atoms with Crippen molar-refractivity contribution in [3.05, 3.63) is 17.7 Å². The van der Waals surface area contributed by atoms with Gasteiger partial charge < -0.3 is 16.6 Å². The maximum absolute atomic E-state index is 9.58. The van der Waals surface area contributed by atoms with Gasteiger partial charge >= 0.3 is 0 Å². The molecule has 0 fully saturated rings. The molecule has 0 heterocycles. The van der Waals surface area contributed by atoms with Crippen LogP contribution in [0.4, 0.5) is 11.4 Å². The Morgan fingerprint density at radius 2 is 1.85 bits per heavy atom. The maximum atomic E-state index is 9.58. The van der Waals surface area contributed by atoms with Crippen molar-refractivity contribution < 1.29 is 5.11 Å². The Balaban J connectivity index is 3.15. The lowest BCUT2D eigenvalue weighted by molar-refractivity contribution is 0.462. The van der Waals surface area contributed by atoms with Crippen molar-refractivity contribution in [2.75, 3.05) is 11.5 Å². The molecule has 1 aromatic carbocycles. The molecule has 1 aromatic rings. The predicted molar refractivity (Wildman–Crippen MR) is 55.6 cm³/mol. The summed E-state index contributed by atoms with van der Waals surface area (Å²) in [7, 11) is 0. The average Bonchev–Trinajstić information content (AvgIpc) is 2.10. The number of benzene rings is 1. The summed E-state index contributed by atoms with van der Waals surface area (Å²) >= 11 is 0. The minimum Gasteiger partial charge on any atom is -0.508 e. The van der Waals surface area contributed by atoms with Crippen LogP contribution in [-0.2, 0) is 0 Å². The molecule has 3 heteroatoms. The van der Waals surface area contributed by atoms with Crippen molar-refractivity contribution in [2.45, 2.75) is 26.2 Å². The molecule has 0 aromatic heterocycles. The Morgan fingerprint density at radius 1 is 1.31 bits per heavy atom. The first-order valence-corrected chi connectivity index (χ1v) is 4.44. The standard InChI is InChI=1S/C10H16N2O/c1-3-6(2)7-4-8(11)9(12)5-10(7)13/h4-6,13H,3,11-12H2,1-2H3. The van der Waals surface area contributed by atoms with E-state index in [1.807, 2.05) is 6.92 Å². The molecule has 0 amide bonds. The van der Waals surface area contributed by atoms with E-state index in [2.05, 4.69) is 6.92 Å². The number of phenols is 1. The summed E-state index contributed by atoms with van der Waals surface area (Å²) in [5.41, 5.74) is 13.0. The highest BCUT2D eigenvalue weighted by Gasteiger charge is 2.10. The molecule has 0 bridgehead atoms. The number of hydrogen-bond acceptors (Lipinski definition) is 3. The molecule has 1 rings (SSSR count). The van der Waals surface area contributed by atoms with E-state index in [0.717, 1.165) is 12.0 Å². The fourth-order valence-electron chi connectivity index (χ4n) is 1.25. The lowest BCUT2D eigenvalue weighted by Gasteiger charge is -2.13. The van der Waals surface area contributed by atoms with Gasteiger partial charge in [-0.15, -0.1) is 0 Å². The highest BCUT2D eigenvalue weighted by atomic mass is 16.3. The van der Waals surface area contributed by atoms with Gasteiger partial charge in [0.1, 0.15) is 5.75 Å². The minimum absolute atomic E-state index is 0.237. The zero-order valence-electron chi connectivity index (χ0n) is 8.04. The molecule has 0 aliphatic heterocycles. The Morgan fingerprint density at radius 3 is 2.38 bits per heavy atom. The SMILES string of the molecule is CCC(C)c1cc(N)c(N)cc1O. The summed E-state index contributed by atoms with van der Waals surface area (Å²) < 4.78 is 0. The topological polar surface area (TPSA) is 72.3 Å². The second kappa shape index (κ2) is 3.56. The van der Waals surface area contributed by atoms with Gasteiger partial charge in [0.25, 0.3) is 0 Å². The minimum atomic E-state index is 0.237. The number of anilines is 2. The molecule has 72 valence electrons. The monoisotopic (exact) mass is 180 g/mol. The van der Waals surface area contributed by atoms with Crippen molar-refractivity contribution in [3.8, 4) is 5.75 Å². The molecule has 0 aliphatic carbocycles. The number of nitrogens with two attached hydrogens (primary N) is 2. The number of nitrogen functional groups attached to an aromatic ring is 2. The van der Waals surface area contributed by atoms with Crippen LogP contribution < -0.4 is 11.5 Å². The molecule has 1 unspecified atom stereocenters. The van der Waals surface area contributed by atoms with Gasteiger partial charge in [0.05, 0.1) is 11.4 Å². The second-order valence-electron chi connectivity index (χ2n) is 3.35. The van der Waals surface area contributed by atoms with Crippen LogP contribution >= 0.6 is 0 Å². The first kappa shape index (κ1) is 9.71. The quantitative estimate of drug-likeness (QED) is 0.482. The van der Waals surface area contributed by atoms with Crippen molar-refractivity contribution >= 4 is 11.4 Å². The molecular formula is C10H16N2O. The largest absolute Gasteiger partial charge is 0.508 e. The zero-order chi connectivity index (χ0) is 10.0. The molecule has 1 atom stereocenters. The van der Waals surface area contributed by atoms with Gasteiger partial charge in [-0.25, -0.2) is 0 Å². The van der Waals surface area contributed by atoms with E-state index in [1.54, 1.807) is 6.07 Å². The maximum Gasteiger partial charge on any atom is 0.121 e. The van der Waals surface area contributed by atoms with Crippen LogP contribution in [0.25, 0.3) is 0 Å². The van der Waals surface area contributed by atoms with Crippen LogP contribution in [0.2, 0.25) is 0 Å². The van der Waals surface area contributed by atoms with E-state index in [-0.39, 0.29) is 5.75 Å². The summed E-state index contributed by atoms with van der Waals surface area (Å²) in [6, 6.07) is 3.26. The third-order valence-electron chi connectivity index (χ3n) is 2.38. The van der Waals surface area contributed by atoms with Crippen LogP contribution in [0, 0.1) is 0 Å². The van der Waals surface area contributed by atoms with E-state index in [9.17, 15) is 5.11 Å². The predicted octanol–water partition coefficient (Wildman–Crippen LogP) is 2.07. The first-order valence-electron chi connectivity index (χ1n) is 4.44. The highest BCUT2D eigenvalue weighted by Crippen LogP contribution is 2.32. The van der Waals surface area contributed by atoms with Crippen molar-refractivity contribution in [3.63, 3.8) is 0 Å². The van der Waals surface area contributed by atoms with Gasteiger partial charge in [0.2, 0.25) is 0 Å². The van der Waals surface area contributed by atoms with Crippen LogP contribution in [0.1, 0.15) is 31.7 Å². The van der Waals surface area contributed by atoms with Gasteiger partial charge in [-0.2, -0.15) is 0 Å². The molecular weight excluding hydrogens is 164 g/mol. The molecule has 0 saturated carbocycles. The first-order chi connectivity index (χ1) is 6.06.